The molecular weight excluding hydrogens is 208 g/mol. The summed E-state index contributed by atoms with van der Waals surface area (Å²) in [5, 5.41) is 4.56. The third kappa shape index (κ3) is 4.28. The molecule has 2 atom stereocenters. The fourth-order valence-electron chi connectivity index (χ4n) is 1.36. The van der Waals surface area contributed by atoms with Crippen LogP contribution in [-0.2, 0) is 4.74 Å². The molecule has 1 aromatic rings. The van der Waals surface area contributed by atoms with Crippen molar-refractivity contribution in [2.45, 2.75) is 39.8 Å². The molecule has 0 aliphatic rings. The number of nitrogens with zero attached hydrogens (tertiary/aromatic N) is 1. The van der Waals surface area contributed by atoms with Gasteiger partial charge in [0.2, 0.25) is 0 Å². The van der Waals surface area contributed by atoms with E-state index in [0.717, 1.165) is 18.2 Å². The van der Waals surface area contributed by atoms with Gasteiger partial charge in [-0.05, 0) is 27.7 Å². The second-order valence-electron chi connectivity index (χ2n) is 3.68. The average Bonchev–Trinajstić information content (AvgIpc) is 2.62. The smallest absolute Gasteiger partial charge is 0.0897 e. The van der Waals surface area contributed by atoms with Crippen LogP contribution in [0.25, 0.3) is 0 Å². The minimum absolute atomic E-state index is 0.270. The van der Waals surface area contributed by atoms with Crippen molar-refractivity contribution in [2.75, 3.05) is 13.2 Å². The molecule has 0 amide bonds. The largest absolute Gasteiger partial charge is 0.377 e. The number of rotatable bonds is 6. The summed E-state index contributed by atoms with van der Waals surface area (Å²) in [7, 11) is 0. The van der Waals surface area contributed by atoms with E-state index in [9.17, 15) is 0 Å². The number of hydrogen-bond acceptors (Lipinski definition) is 4. The maximum atomic E-state index is 5.46. The van der Waals surface area contributed by atoms with Gasteiger partial charge in [0.25, 0.3) is 0 Å². The van der Waals surface area contributed by atoms with Gasteiger partial charge in [-0.1, -0.05) is 0 Å². The molecule has 1 rings (SSSR count). The third-order valence-electron chi connectivity index (χ3n) is 2.23. The van der Waals surface area contributed by atoms with Gasteiger partial charge in [0.15, 0.2) is 0 Å². The topological polar surface area (TPSA) is 34.1 Å². The summed E-state index contributed by atoms with van der Waals surface area (Å²) >= 11 is 1.75. The molecule has 1 N–H and O–H groups in total. The van der Waals surface area contributed by atoms with Gasteiger partial charge < -0.3 is 10.1 Å². The van der Waals surface area contributed by atoms with E-state index in [2.05, 4.69) is 24.1 Å². The molecule has 0 bridgehead atoms. The number of hydrogen-bond donors (Lipinski definition) is 1. The van der Waals surface area contributed by atoms with Gasteiger partial charge in [0.1, 0.15) is 0 Å². The highest BCUT2D eigenvalue weighted by atomic mass is 32.1. The first kappa shape index (κ1) is 12.6. The van der Waals surface area contributed by atoms with Gasteiger partial charge in [-0.3, -0.25) is 0 Å². The highest BCUT2D eigenvalue weighted by Gasteiger charge is 2.09. The van der Waals surface area contributed by atoms with Crippen molar-refractivity contribution in [3.05, 3.63) is 16.1 Å². The van der Waals surface area contributed by atoms with E-state index in [4.69, 9.17) is 4.74 Å². The molecule has 0 fully saturated rings. The second-order valence-corrected chi connectivity index (χ2v) is 4.94. The minimum Gasteiger partial charge on any atom is -0.377 e. The van der Waals surface area contributed by atoms with Crippen LogP contribution in [0.4, 0.5) is 0 Å². The van der Waals surface area contributed by atoms with Crippen LogP contribution in [0.15, 0.2) is 6.20 Å². The summed E-state index contributed by atoms with van der Waals surface area (Å²) in [6.45, 7) is 9.95. The fourth-order valence-corrected chi connectivity index (χ4v) is 2.18. The van der Waals surface area contributed by atoms with Gasteiger partial charge in [-0.25, -0.2) is 4.98 Å². The Labute approximate surface area is 95.9 Å². The number of thiazole rings is 1. The third-order valence-corrected chi connectivity index (χ3v) is 3.32. The Kier molecular flexibility index (Phi) is 5.22. The van der Waals surface area contributed by atoms with Crippen LogP contribution in [-0.4, -0.2) is 24.2 Å². The lowest BCUT2D eigenvalue weighted by molar-refractivity contribution is 0.0744. The van der Waals surface area contributed by atoms with Crippen molar-refractivity contribution < 1.29 is 4.74 Å². The predicted octanol–water partition coefficient (Wildman–Crippen LogP) is 2.53. The molecule has 15 heavy (non-hydrogen) atoms. The van der Waals surface area contributed by atoms with Crippen molar-refractivity contribution in [1.29, 1.82) is 0 Å². The quantitative estimate of drug-likeness (QED) is 0.812. The maximum absolute atomic E-state index is 5.46. The van der Waals surface area contributed by atoms with E-state index in [-0.39, 0.29) is 6.10 Å². The maximum Gasteiger partial charge on any atom is 0.0897 e. The summed E-state index contributed by atoms with van der Waals surface area (Å²) in [5.41, 5.74) is 0. The van der Waals surface area contributed by atoms with E-state index < -0.39 is 0 Å². The lowest BCUT2D eigenvalue weighted by Gasteiger charge is -2.16. The van der Waals surface area contributed by atoms with Crippen LogP contribution < -0.4 is 5.32 Å². The van der Waals surface area contributed by atoms with Gasteiger partial charge in [0, 0.05) is 30.3 Å². The molecule has 3 nitrogen and oxygen atoms in total. The number of ether oxygens (including phenoxy) is 1. The summed E-state index contributed by atoms with van der Waals surface area (Å²) in [6, 6.07) is 0.360. The fraction of sp³-hybridized carbons (Fsp3) is 0.727. The first-order valence-corrected chi connectivity index (χ1v) is 6.22. The van der Waals surface area contributed by atoms with Gasteiger partial charge in [0.05, 0.1) is 11.1 Å². The summed E-state index contributed by atoms with van der Waals surface area (Å²) in [5.74, 6) is 0. The molecule has 1 heterocycles. The number of aryl methyl sites for hydroxylation is 1. The molecule has 0 spiro atoms. The molecule has 0 aliphatic carbocycles. The lowest BCUT2D eigenvalue weighted by Crippen LogP contribution is -2.28. The van der Waals surface area contributed by atoms with Crippen LogP contribution in [0.3, 0.4) is 0 Å². The summed E-state index contributed by atoms with van der Waals surface area (Å²) < 4.78 is 5.46. The average molecular weight is 228 g/mol. The Morgan fingerprint density at radius 1 is 1.53 bits per heavy atom. The first-order chi connectivity index (χ1) is 7.13. The minimum atomic E-state index is 0.270. The van der Waals surface area contributed by atoms with E-state index in [1.165, 1.54) is 4.88 Å². The highest BCUT2D eigenvalue weighted by Crippen LogP contribution is 2.19. The Hall–Kier alpha value is -0.450. The first-order valence-electron chi connectivity index (χ1n) is 5.40. The molecule has 1 aromatic heterocycles. The lowest BCUT2D eigenvalue weighted by atomic mass is 10.3. The molecular formula is C11H20N2OS. The molecule has 0 saturated heterocycles. The van der Waals surface area contributed by atoms with Crippen molar-refractivity contribution in [3.8, 4) is 0 Å². The molecule has 0 aliphatic heterocycles. The zero-order valence-corrected chi connectivity index (χ0v) is 10.7. The standard InChI is InChI=1S/C11H20N2OS/c1-5-14-8(2)6-12-9(3)11-7-13-10(4)15-11/h7-9,12H,5-6H2,1-4H3. The zero-order chi connectivity index (χ0) is 11.3. The summed E-state index contributed by atoms with van der Waals surface area (Å²) in [6.07, 6.45) is 2.22. The van der Waals surface area contributed by atoms with Crippen molar-refractivity contribution in [2.24, 2.45) is 0 Å². The number of nitrogens with one attached hydrogen (secondary N) is 1. The zero-order valence-electron chi connectivity index (χ0n) is 9.91. The molecule has 0 saturated carbocycles. The Balaban J connectivity index is 2.33. The molecule has 0 radical (unpaired) electrons. The Morgan fingerprint density at radius 2 is 2.27 bits per heavy atom. The second kappa shape index (κ2) is 6.20. The Bertz CT molecular complexity index is 288. The van der Waals surface area contributed by atoms with E-state index in [1.54, 1.807) is 11.3 Å². The van der Waals surface area contributed by atoms with Crippen molar-refractivity contribution in [1.82, 2.24) is 10.3 Å². The normalized spacial score (nSPS) is 15.2. The van der Waals surface area contributed by atoms with Crippen molar-refractivity contribution in [3.63, 3.8) is 0 Å². The van der Waals surface area contributed by atoms with Crippen molar-refractivity contribution >= 4 is 11.3 Å². The van der Waals surface area contributed by atoms with E-state index in [1.807, 2.05) is 20.0 Å². The number of aromatic nitrogens is 1. The molecule has 0 aromatic carbocycles. The molecule has 86 valence electrons. The van der Waals surface area contributed by atoms with Gasteiger partial charge >= 0.3 is 0 Å². The van der Waals surface area contributed by atoms with Crippen LogP contribution in [0, 0.1) is 6.92 Å². The van der Waals surface area contributed by atoms with Crippen LogP contribution in [0.2, 0.25) is 0 Å². The highest BCUT2D eigenvalue weighted by molar-refractivity contribution is 7.11. The van der Waals surface area contributed by atoms with E-state index in [0.29, 0.717) is 6.04 Å². The van der Waals surface area contributed by atoms with Gasteiger partial charge in [-0.2, -0.15) is 0 Å². The summed E-state index contributed by atoms with van der Waals surface area (Å²) in [4.78, 5) is 5.54. The van der Waals surface area contributed by atoms with Gasteiger partial charge in [-0.15, -0.1) is 11.3 Å². The predicted molar refractivity (Wildman–Crippen MR) is 64.4 cm³/mol. The molecule has 4 heteroatoms. The van der Waals surface area contributed by atoms with E-state index >= 15 is 0 Å². The van der Waals surface area contributed by atoms with Crippen LogP contribution >= 0.6 is 11.3 Å². The molecule has 2 unspecified atom stereocenters. The van der Waals surface area contributed by atoms with Crippen LogP contribution in [0.1, 0.15) is 36.7 Å². The Morgan fingerprint density at radius 3 is 2.80 bits per heavy atom. The SMILES string of the molecule is CCOC(C)CNC(C)c1cnc(C)s1. The monoisotopic (exact) mass is 228 g/mol. The van der Waals surface area contributed by atoms with Crippen LogP contribution in [0.5, 0.6) is 0 Å².